The third-order valence-corrected chi connectivity index (χ3v) is 3.40. The van der Waals surface area contributed by atoms with Gasteiger partial charge < -0.3 is 0 Å². The third-order valence-electron chi connectivity index (χ3n) is 1.43. The molecule has 0 amide bonds. The van der Waals surface area contributed by atoms with Gasteiger partial charge in [-0.3, -0.25) is 0 Å². The minimum absolute atomic E-state index is 0.855. The average molecular weight is 292 g/mol. The van der Waals surface area contributed by atoms with E-state index < -0.39 is 10.8 Å². The van der Waals surface area contributed by atoms with Crippen molar-refractivity contribution in [1.29, 1.82) is 0 Å². The first-order valence-corrected chi connectivity index (χ1v) is 5.94. The molecule has 1 rings (SSSR count). The Morgan fingerprint density at radius 1 is 1.33 bits per heavy atom. The van der Waals surface area contributed by atoms with E-state index in [9.17, 15) is 4.21 Å². The van der Waals surface area contributed by atoms with Gasteiger partial charge in [-0.05, 0) is 23.1 Å². The van der Waals surface area contributed by atoms with E-state index in [4.69, 9.17) is 0 Å². The molecule has 0 aliphatic rings. The summed E-state index contributed by atoms with van der Waals surface area (Å²) in [7, 11) is -0.980. The molecule has 0 saturated carbocycles. The molecule has 0 aliphatic heterocycles. The van der Waals surface area contributed by atoms with Gasteiger partial charge in [0.25, 0.3) is 0 Å². The van der Waals surface area contributed by atoms with E-state index in [2.05, 4.69) is 22.6 Å². The largest absolute Gasteiger partial charge is 0.250 e. The van der Waals surface area contributed by atoms with Crippen LogP contribution in [0.15, 0.2) is 38.7 Å². The molecule has 0 spiro atoms. The van der Waals surface area contributed by atoms with Gasteiger partial charge >= 0.3 is 0 Å². The molecule has 1 aromatic carbocycles. The standard InChI is InChI=1S/C9H9IOS/c1-8-2-4-9(5-3-8)12(11)7-6-10/h2-7H,1H3/b7-6-/t12-/m1/s1. The summed E-state index contributed by atoms with van der Waals surface area (Å²) in [4.78, 5) is 0.855. The molecular formula is C9H9IOS. The molecule has 1 aromatic rings. The zero-order chi connectivity index (χ0) is 8.97. The van der Waals surface area contributed by atoms with Crippen molar-refractivity contribution in [2.45, 2.75) is 11.8 Å². The van der Waals surface area contributed by atoms with Crippen molar-refractivity contribution < 1.29 is 4.21 Å². The fraction of sp³-hybridized carbons (Fsp3) is 0.111. The van der Waals surface area contributed by atoms with Crippen LogP contribution >= 0.6 is 22.6 Å². The summed E-state index contributed by atoms with van der Waals surface area (Å²) < 4.78 is 13.1. The van der Waals surface area contributed by atoms with Crippen molar-refractivity contribution >= 4 is 33.4 Å². The van der Waals surface area contributed by atoms with E-state index in [1.54, 1.807) is 9.49 Å². The van der Waals surface area contributed by atoms with Gasteiger partial charge in [0.1, 0.15) is 0 Å². The van der Waals surface area contributed by atoms with Gasteiger partial charge in [-0.25, -0.2) is 4.21 Å². The quantitative estimate of drug-likeness (QED) is 0.766. The molecule has 0 heterocycles. The van der Waals surface area contributed by atoms with E-state index in [1.165, 1.54) is 5.56 Å². The minimum Gasteiger partial charge on any atom is -0.250 e. The van der Waals surface area contributed by atoms with E-state index in [0.717, 1.165) is 4.90 Å². The Morgan fingerprint density at radius 2 is 1.92 bits per heavy atom. The highest BCUT2D eigenvalue weighted by Crippen LogP contribution is 2.09. The summed E-state index contributed by atoms with van der Waals surface area (Å²) in [6.07, 6.45) is 0. The maximum absolute atomic E-state index is 11.4. The number of rotatable bonds is 2. The first-order chi connectivity index (χ1) is 5.74. The Kier molecular flexibility index (Phi) is 3.94. The highest BCUT2D eigenvalue weighted by Gasteiger charge is 1.96. The molecule has 3 heteroatoms. The Bertz CT molecular complexity index is 303. The molecule has 0 saturated heterocycles. The van der Waals surface area contributed by atoms with Crippen LogP contribution in [-0.4, -0.2) is 4.21 Å². The minimum atomic E-state index is -0.980. The van der Waals surface area contributed by atoms with Crippen LogP contribution in [0.4, 0.5) is 0 Å². The smallest absolute Gasteiger partial charge is 0.0780 e. The Morgan fingerprint density at radius 3 is 2.42 bits per heavy atom. The maximum Gasteiger partial charge on any atom is 0.0780 e. The second kappa shape index (κ2) is 4.77. The SMILES string of the molecule is Cc1ccc([S@](=O)/C=C\I)cc1. The summed E-state index contributed by atoms with van der Waals surface area (Å²) in [5, 5.41) is 1.67. The van der Waals surface area contributed by atoms with E-state index in [-0.39, 0.29) is 0 Å². The monoisotopic (exact) mass is 292 g/mol. The number of hydrogen-bond acceptors (Lipinski definition) is 1. The fourth-order valence-electron chi connectivity index (χ4n) is 0.798. The van der Waals surface area contributed by atoms with Crippen molar-refractivity contribution in [2.75, 3.05) is 0 Å². The summed E-state index contributed by atoms with van der Waals surface area (Å²) in [5.74, 6) is 0. The van der Waals surface area contributed by atoms with Gasteiger partial charge in [-0.2, -0.15) is 0 Å². The van der Waals surface area contributed by atoms with Crippen LogP contribution in [0.5, 0.6) is 0 Å². The van der Waals surface area contributed by atoms with Crippen LogP contribution in [0.3, 0.4) is 0 Å². The number of aryl methyl sites for hydroxylation is 1. The molecule has 1 atom stereocenters. The molecule has 0 aliphatic carbocycles. The van der Waals surface area contributed by atoms with Crippen molar-refractivity contribution in [1.82, 2.24) is 0 Å². The molecule has 12 heavy (non-hydrogen) atoms. The van der Waals surface area contributed by atoms with E-state index in [1.807, 2.05) is 31.2 Å². The van der Waals surface area contributed by atoms with E-state index >= 15 is 0 Å². The molecule has 0 fully saturated rings. The van der Waals surface area contributed by atoms with Crippen molar-refractivity contribution in [2.24, 2.45) is 0 Å². The van der Waals surface area contributed by atoms with Gasteiger partial charge in [0.15, 0.2) is 0 Å². The predicted molar refractivity (Wildman–Crippen MR) is 60.7 cm³/mol. The first-order valence-electron chi connectivity index (χ1n) is 3.48. The molecule has 0 N–H and O–H groups in total. The second-order valence-corrected chi connectivity index (χ2v) is 4.43. The summed E-state index contributed by atoms with van der Waals surface area (Å²) in [6.45, 7) is 2.01. The molecular weight excluding hydrogens is 283 g/mol. The lowest BCUT2D eigenvalue weighted by atomic mass is 10.2. The second-order valence-electron chi connectivity index (χ2n) is 2.37. The highest BCUT2D eigenvalue weighted by molar-refractivity contribution is 14.1. The lowest BCUT2D eigenvalue weighted by Crippen LogP contribution is -1.85. The average Bonchev–Trinajstić information content (AvgIpc) is 2.06. The Balaban J connectivity index is 2.90. The summed E-state index contributed by atoms with van der Waals surface area (Å²) in [5.41, 5.74) is 1.19. The van der Waals surface area contributed by atoms with E-state index in [0.29, 0.717) is 0 Å². The molecule has 64 valence electrons. The molecule has 0 bridgehead atoms. The van der Waals surface area contributed by atoms with Crippen LogP contribution in [0.25, 0.3) is 0 Å². The fourth-order valence-corrected chi connectivity index (χ4v) is 2.25. The highest BCUT2D eigenvalue weighted by atomic mass is 127. The van der Waals surface area contributed by atoms with Gasteiger partial charge in [-0.1, -0.05) is 40.3 Å². The maximum atomic E-state index is 11.4. The topological polar surface area (TPSA) is 17.1 Å². The molecule has 0 aromatic heterocycles. The lowest BCUT2D eigenvalue weighted by molar-refractivity contribution is 0.688. The van der Waals surface area contributed by atoms with Gasteiger partial charge in [0, 0.05) is 10.3 Å². The number of halogens is 1. The Hall–Kier alpha value is -0.160. The van der Waals surface area contributed by atoms with Crippen molar-refractivity contribution in [3.05, 3.63) is 39.3 Å². The third kappa shape index (κ3) is 2.71. The Labute approximate surface area is 88.5 Å². The summed E-state index contributed by atoms with van der Waals surface area (Å²) >= 11 is 2.06. The predicted octanol–water partition coefficient (Wildman–Crippen LogP) is 3.01. The van der Waals surface area contributed by atoms with Crippen LogP contribution in [0.2, 0.25) is 0 Å². The van der Waals surface area contributed by atoms with Crippen LogP contribution in [0.1, 0.15) is 5.56 Å². The first kappa shape index (κ1) is 9.92. The van der Waals surface area contributed by atoms with Gasteiger partial charge in [0.2, 0.25) is 0 Å². The number of benzene rings is 1. The van der Waals surface area contributed by atoms with Crippen LogP contribution in [0, 0.1) is 6.92 Å². The van der Waals surface area contributed by atoms with Crippen molar-refractivity contribution in [3.63, 3.8) is 0 Å². The van der Waals surface area contributed by atoms with Gasteiger partial charge in [-0.15, -0.1) is 0 Å². The zero-order valence-corrected chi connectivity index (χ0v) is 9.63. The van der Waals surface area contributed by atoms with Crippen molar-refractivity contribution in [3.8, 4) is 0 Å². The molecule has 0 unspecified atom stereocenters. The molecule has 1 nitrogen and oxygen atoms in total. The normalized spacial score (nSPS) is 13.5. The molecule has 0 radical (unpaired) electrons. The summed E-state index contributed by atoms with van der Waals surface area (Å²) in [6, 6.07) is 7.71. The number of hydrogen-bond donors (Lipinski definition) is 0. The van der Waals surface area contributed by atoms with Crippen LogP contribution in [-0.2, 0) is 10.8 Å². The van der Waals surface area contributed by atoms with Crippen LogP contribution < -0.4 is 0 Å². The van der Waals surface area contributed by atoms with Gasteiger partial charge in [0.05, 0.1) is 10.8 Å². The lowest BCUT2D eigenvalue weighted by Gasteiger charge is -1.96. The zero-order valence-electron chi connectivity index (χ0n) is 6.66.